The number of hydrogen-bond acceptors (Lipinski definition) is 4. The van der Waals surface area contributed by atoms with Crippen LogP contribution < -0.4 is 10.1 Å². The first kappa shape index (κ1) is 14.0. The lowest BCUT2D eigenvalue weighted by molar-refractivity contribution is 0.104. The Morgan fingerprint density at radius 3 is 2.53 bits per heavy atom. The van der Waals surface area contributed by atoms with E-state index in [-0.39, 0.29) is 13.2 Å². The summed E-state index contributed by atoms with van der Waals surface area (Å²) in [5.41, 5.74) is 2.14. The molecule has 0 saturated heterocycles. The van der Waals surface area contributed by atoms with Gasteiger partial charge in [-0.25, -0.2) is 0 Å². The Hall–Kier alpha value is -1.10. The van der Waals surface area contributed by atoms with Gasteiger partial charge in [-0.2, -0.15) is 0 Å². The molecule has 3 N–H and O–H groups in total. The van der Waals surface area contributed by atoms with Gasteiger partial charge in [0.05, 0.1) is 6.61 Å². The van der Waals surface area contributed by atoms with Crippen molar-refractivity contribution in [3.05, 3.63) is 29.3 Å². The average molecular weight is 239 g/mol. The predicted molar refractivity (Wildman–Crippen MR) is 67.4 cm³/mol. The van der Waals surface area contributed by atoms with E-state index in [1.54, 1.807) is 0 Å². The van der Waals surface area contributed by atoms with E-state index in [2.05, 4.69) is 5.32 Å². The lowest BCUT2D eigenvalue weighted by atomic mass is 10.1. The summed E-state index contributed by atoms with van der Waals surface area (Å²) in [6.07, 6.45) is -0.569. The fourth-order valence-corrected chi connectivity index (χ4v) is 1.61. The molecule has 0 fully saturated rings. The molecule has 1 atom stereocenters. The number of aryl methyl sites for hydroxylation is 2. The zero-order chi connectivity index (χ0) is 12.7. The second-order valence-corrected chi connectivity index (χ2v) is 4.11. The van der Waals surface area contributed by atoms with Crippen LogP contribution in [0, 0.1) is 13.8 Å². The molecule has 17 heavy (non-hydrogen) atoms. The number of nitrogens with one attached hydrogen (secondary N) is 1. The minimum atomic E-state index is -0.569. The van der Waals surface area contributed by atoms with Crippen LogP contribution in [-0.4, -0.2) is 42.6 Å². The third-order valence-electron chi connectivity index (χ3n) is 2.50. The standard InChI is InChI=1S/C13H21NO3/c1-10-4-3-5-11(2)13(10)17-9-12(16)8-14-6-7-15/h3-5,12,14-16H,6-9H2,1-2H3. The third kappa shape index (κ3) is 4.73. The van der Waals surface area contributed by atoms with Crippen LogP contribution in [-0.2, 0) is 0 Å². The number of ether oxygens (including phenoxy) is 1. The topological polar surface area (TPSA) is 61.7 Å². The van der Waals surface area contributed by atoms with Crippen molar-refractivity contribution in [2.45, 2.75) is 20.0 Å². The van der Waals surface area contributed by atoms with E-state index < -0.39 is 6.10 Å². The second kappa shape index (κ2) is 7.27. The molecule has 0 amide bonds. The van der Waals surface area contributed by atoms with Crippen LogP contribution in [0.5, 0.6) is 5.75 Å². The summed E-state index contributed by atoms with van der Waals surface area (Å²) in [6, 6.07) is 5.95. The fraction of sp³-hybridized carbons (Fsp3) is 0.538. The molecule has 0 saturated carbocycles. The average Bonchev–Trinajstić information content (AvgIpc) is 2.29. The Kier molecular flexibility index (Phi) is 5.97. The quantitative estimate of drug-likeness (QED) is 0.611. The fourth-order valence-electron chi connectivity index (χ4n) is 1.61. The zero-order valence-corrected chi connectivity index (χ0v) is 10.4. The van der Waals surface area contributed by atoms with E-state index in [4.69, 9.17) is 9.84 Å². The summed E-state index contributed by atoms with van der Waals surface area (Å²) in [4.78, 5) is 0. The summed E-state index contributed by atoms with van der Waals surface area (Å²) >= 11 is 0. The van der Waals surface area contributed by atoms with Gasteiger partial charge in [-0.1, -0.05) is 18.2 Å². The maximum absolute atomic E-state index is 9.65. The molecule has 0 heterocycles. The molecule has 0 bridgehead atoms. The Morgan fingerprint density at radius 1 is 1.29 bits per heavy atom. The monoisotopic (exact) mass is 239 g/mol. The molecule has 1 aromatic carbocycles. The SMILES string of the molecule is Cc1cccc(C)c1OCC(O)CNCCO. The van der Waals surface area contributed by atoms with Crippen LogP contribution in [0.3, 0.4) is 0 Å². The summed E-state index contributed by atoms with van der Waals surface area (Å²) in [6.45, 7) is 5.21. The first-order valence-electron chi connectivity index (χ1n) is 5.83. The maximum Gasteiger partial charge on any atom is 0.125 e. The van der Waals surface area contributed by atoms with Gasteiger partial charge in [0, 0.05) is 13.1 Å². The Morgan fingerprint density at radius 2 is 1.94 bits per heavy atom. The largest absolute Gasteiger partial charge is 0.490 e. The molecule has 96 valence electrons. The van der Waals surface area contributed by atoms with E-state index >= 15 is 0 Å². The highest BCUT2D eigenvalue weighted by atomic mass is 16.5. The van der Waals surface area contributed by atoms with Gasteiger partial charge in [-0.05, 0) is 25.0 Å². The first-order valence-corrected chi connectivity index (χ1v) is 5.83. The smallest absolute Gasteiger partial charge is 0.125 e. The van der Waals surface area contributed by atoms with Gasteiger partial charge in [-0.15, -0.1) is 0 Å². The molecule has 4 heteroatoms. The van der Waals surface area contributed by atoms with E-state index in [1.807, 2.05) is 32.0 Å². The Bertz CT molecular complexity index is 321. The van der Waals surface area contributed by atoms with Crippen LogP contribution in [0.15, 0.2) is 18.2 Å². The zero-order valence-electron chi connectivity index (χ0n) is 10.4. The minimum absolute atomic E-state index is 0.0739. The predicted octanol–water partition coefficient (Wildman–Crippen LogP) is 0.625. The Balaban J connectivity index is 2.39. The van der Waals surface area contributed by atoms with Crippen molar-refractivity contribution in [1.29, 1.82) is 0 Å². The van der Waals surface area contributed by atoms with Crippen LogP contribution in [0.25, 0.3) is 0 Å². The summed E-state index contributed by atoms with van der Waals surface area (Å²) in [7, 11) is 0. The highest BCUT2D eigenvalue weighted by molar-refractivity contribution is 5.39. The molecule has 0 aromatic heterocycles. The van der Waals surface area contributed by atoms with Gasteiger partial charge in [0.25, 0.3) is 0 Å². The first-order chi connectivity index (χ1) is 8.15. The van der Waals surface area contributed by atoms with Crippen molar-refractivity contribution in [1.82, 2.24) is 5.32 Å². The molecule has 1 unspecified atom stereocenters. The lowest BCUT2D eigenvalue weighted by Crippen LogP contribution is -2.33. The summed E-state index contributed by atoms with van der Waals surface area (Å²) in [5.74, 6) is 0.841. The van der Waals surface area contributed by atoms with E-state index in [0.717, 1.165) is 16.9 Å². The Labute approximate surface area is 102 Å². The molecule has 1 aromatic rings. The third-order valence-corrected chi connectivity index (χ3v) is 2.50. The van der Waals surface area contributed by atoms with Crippen molar-refractivity contribution in [2.75, 3.05) is 26.3 Å². The molecule has 1 rings (SSSR count). The van der Waals surface area contributed by atoms with E-state index in [9.17, 15) is 5.11 Å². The number of aliphatic hydroxyl groups excluding tert-OH is 2. The molecule has 0 radical (unpaired) electrons. The second-order valence-electron chi connectivity index (χ2n) is 4.11. The summed E-state index contributed by atoms with van der Waals surface area (Å²) in [5, 5.41) is 21.2. The minimum Gasteiger partial charge on any atom is -0.490 e. The van der Waals surface area contributed by atoms with Crippen LogP contribution in [0.4, 0.5) is 0 Å². The molecule has 0 aliphatic rings. The van der Waals surface area contributed by atoms with Crippen LogP contribution >= 0.6 is 0 Å². The number of hydrogen-bond donors (Lipinski definition) is 3. The van der Waals surface area contributed by atoms with Crippen molar-refractivity contribution < 1.29 is 14.9 Å². The van der Waals surface area contributed by atoms with Gasteiger partial charge in [0.1, 0.15) is 18.5 Å². The van der Waals surface area contributed by atoms with Gasteiger partial charge in [0.15, 0.2) is 0 Å². The summed E-state index contributed by atoms with van der Waals surface area (Å²) < 4.78 is 5.61. The molecule has 0 aliphatic carbocycles. The van der Waals surface area contributed by atoms with Crippen molar-refractivity contribution in [2.24, 2.45) is 0 Å². The van der Waals surface area contributed by atoms with Gasteiger partial charge in [-0.3, -0.25) is 0 Å². The molecule has 4 nitrogen and oxygen atoms in total. The van der Waals surface area contributed by atoms with Crippen LogP contribution in [0.1, 0.15) is 11.1 Å². The van der Waals surface area contributed by atoms with Crippen molar-refractivity contribution >= 4 is 0 Å². The van der Waals surface area contributed by atoms with Crippen molar-refractivity contribution in [3.63, 3.8) is 0 Å². The molecule has 0 spiro atoms. The van der Waals surface area contributed by atoms with E-state index in [0.29, 0.717) is 13.1 Å². The van der Waals surface area contributed by atoms with E-state index in [1.165, 1.54) is 0 Å². The lowest BCUT2D eigenvalue weighted by Gasteiger charge is -2.15. The molecular formula is C13H21NO3. The van der Waals surface area contributed by atoms with Crippen LogP contribution in [0.2, 0.25) is 0 Å². The van der Waals surface area contributed by atoms with Gasteiger partial charge < -0.3 is 20.3 Å². The van der Waals surface area contributed by atoms with Crippen molar-refractivity contribution in [3.8, 4) is 5.75 Å². The number of benzene rings is 1. The number of aliphatic hydroxyl groups is 2. The molecule has 0 aliphatic heterocycles. The van der Waals surface area contributed by atoms with Gasteiger partial charge >= 0.3 is 0 Å². The normalized spacial score (nSPS) is 12.5. The maximum atomic E-state index is 9.65. The number of rotatable bonds is 7. The molecular weight excluding hydrogens is 218 g/mol. The van der Waals surface area contributed by atoms with Gasteiger partial charge in [0.2, 0.25) is 0 Å². The number of para-hydroxylation sites is 1. The highest BCUT2D eigenvalue weighted by Crippen LogP contribution is 2.22. The highest BCUT2D eigenvalue weighted by Gasteiger charge is 2.07.